The fourth-order valence-electron chi connectivity index (χ4n) is 3.55. The highest BCUT2D eigenvalue weighted by atomic mass is 35.5. The number of amides is 2. The Hall–Kier alpha value is -3.41. The van der Waals surface area contributed by atoms with E-state index in [-0.39, 0.29) is 11.8 Å². The molecular weight excluding hydrogens is 421 g/mol. The topological polar surface area (TPSA) is 71.1 Å². The summed E-state index contributed by atoms with van der Waals surface area (Å²) in [5.74, 6) is -0.419. The fourth-order valence-corrected chi connectivity index (χ4v) is 3.89. The lowest BCUT2D eigenvalue weighted by atomic mass is 10.0. The maximum Gasteiger partial charge on any atom is 0.256 e. The van der Waals surface area contributed by atoms with Crippen LogP contribution in [-0.4, -0.2) is 16.8 Å². The third-order valence-electron chi connectivity index (χ3n) is 4.91. The van der Waals surface area contributed by atoms with Crippen molar-refractivity contribution in [2.75, 3.05) is 10.6 Å². The SMILES string of the molecule is O=C1Nc2cc(Cl)ccc2/C1=C\c1cccc(/C=C2/C(=O)Nc3cc(Cl)ccc32)n1. The Balaban J connectivity index is 1.52. The number of benzene rings is 2. The van der Waals surface area contributed by atoms with Gasteiger partial charge in [0.05, 0.1) is 33.9 Å². The molecule has 3 aromatic rings. The molecule has 0 fully saturated rings. The van der Waals surface area contributed by atoms with Crippen molar-refractivity contribution in [1.82, 2.24) is 4.98 Å². The third-order valence-corrected chi connectivity index (χ3v) is 5.38. The van der Waals surface area contributed by atoms with E-state index in [9.17, 15) is 9.59 Å². The molecule has 2 amide bonds. The van der Waals surface area contributed by atoms with E-state index in [1.54, 1.807) is 60.7 Å². The van der Waals surface area contributed by atoms with E-state index in [0.29, 0.717) is 44.0 Å². The van der Waals surface area contributed by atoms with Gasteiger partial charge in [-0.05, 0) is 48.6 Å². The van der Waals surface area contributed by atoms with E-state index in [0.717, 1.165) is 11.1 Å². The Labute approximate surface area is 182 Å². The first kappa shape index (κ1) is 18.6. The normalized spacial score (nSPS) is 17.1. The van der Waals surface area contributed by atoms with E-state index in [4.69, 9.17) is 23.2 Å². The predicted octanol–water partition coefficient (Wildman–Crippen LogP) is 5.37. The summed E-state index contributed by atoms with van der Waals surface area (Å²) in [6.07, 6.45) is 3.44. The van der Waals surface area contributed by atoms with Crippen LogP contribution >= 0.6 is 23.2 Å². The Kier molecular flexibility index (Phi) is 4.42. The molecule has 5 nitrogen and oxygen atoms in total. The van der Waals surface area contributed by atoms with Gasteiger partial charge in [-0.1, -0.05) is 41.4 Å². The molecule has 0 saturated heterocycles. The minimum absolute atomic E-state index is 0.209. The largest absolute Gasteiger partial charge is 0.321 e. The van der Waals surface area contributed by atoms with Gasteiger partial charge in [-0.3, -0.25) is 9.59 Å². The van der Waals surface area contributed by atoms with Crippen LogP contribution in [0.2, 0.25) is 10.0 Å². The van der Waals surface area contributed by atoms with E-state index < -0.39 is 0 Å². The van der Waals surface area contributed by atoms with Gasteiger partial charge in [0.2, 0.25) is 0 Å². The van der Waals surface area contributed by atoms with Crippen LogP contribution < -0.4 is 10.6 Å². The van der Waals surface area contributed by atoms with E-state index in [2.05, 4.69) is 15.6 Å². The zero-order valence-electron chi connectivity index (χ0n) is 15.4. The lowest BCUT2D eigenvalue weighted by Gasteiger charge is -2.02. The van der Waals surface area contributed by atoms with E-state index in [1.807, 2.05) is 6.07 Å². The maximum absolute atomic E-state index is 12.4. The number of nitrogens with one attached hydrogen (secondary N) is 2. The minimum atomic E-state index is -0.209. The van der Waals surface area contributed by atoms with Gasteiger partial charge in [0.15, 0.2) is 0 Å². The average Bonchev–Trinajstić information content (AvgIpc) is 3.17. The monoisotopic (exact) mass is 433 g/mol. The van der Waals surface area contributed by atoms with E-state index >= 15 is 0 Å². The second-order valence-electron chi connectivity index (χ2n) is 6.89. The summed E-state index contributed by atoms with van der Waals surface area (Å²) in [7, 11) is 0. The Morgan fingerprint density at radius 3 is 1.63 bits per heavy atom. The molecule has 0 saturated carbocycles. The zero-order chi connectivity index (χ0) is 20.8. The molecule has 2 aromatic carbocycles. The van der Waals surface area contributed by atoms with Crippen molar-refractivity contribution in [2.45, 2.75) is 0 Å². The molecule has 7 heteroatoms. The second kappa shape index (κ2) is 7.13. The first-order valence-electron chi connectivity index (χ1n) is 9.11. The number of aromatic nitrogens is 1. The van der Waals surface area contributed by atoms with Crippen LogP contribution in [0.3, 0.4) is 0 Å². The van der Waals surface area contributed by atoms with Crippen LogP contribution in [0, 0.1) is 0 Å². The lowest BCUT2D eigenvalue weighted by Crippen LogP contribution is -2.04. The number of pyridine rings is 1. The van der Waals surface area contributed by atoms with Gasteiger partial charge < -0.3 is 10.6 Å². The van der Waals surface area contributed by atoms with Crippen molar-refractivity contribution in [3.05, 3.63) is 87.2 Å². The number of anilines is 2. The van der Waals surface area contributed by atoms with Crippen molar-refractivity contribution in [3.63, 3.8) is 0 Å². The summed E-state index contributed by atoms with van der Waals surface area (Å²) in [6.45, 7) is 0. The van der Waals surface area contributed by atoms with Gasteiger partial charge in [-0.2, -0.15) is 0 Å². The standard InChI is InChI=1S/C23H13Cl2N3O2/c24-12-4-6-16-18(22(29)27-20(16)8-12)10-14-2-1-3-15(26-14)11-19-17-7-5-13(25)9-21(17)28-23(19)30/h1-11H,(H,27,29)(H,28,30)/b18-10+,19-11+. The van der Waals surface area contributed by atoms with Gasteiger partial charge in [-0.15, -0.1) is 0 Å². The molecule has 0 atom stereocenters. The Morgan fingerprint density at radius 2 is 1.17 bits per heavy atom. The third kappa shape index (κ3) is 3.28. The molecule has 0 spiro atoms. The molecule has 3 heterocycles. The van der Waals surface area contributed by atoms with Gasteiger partial charge in [0.1, 0.15) is 0 Å². The highest BCUT2D eigenvalue weighted by molar-refractivity contribution is 6.37. The zero-order valence-corrected chi connectivity index (χ0v) is 16.9. The molecule has 0 bridgehead atoms. The summed E-state index contributed by atoms with van der Waals surface area (Å²) in [5.41, 5.74) is 5.13. The highest BCUT2D eigenvalue weighted by Gasteiger charge is 2.25. The number of fused-ring (bicyclic) bond motifs is 2. The smallest absolute Gasteiger partial charge is 0.256 e. The molecule has 0 unspecified atom stereocenters. The van der Waals surface area contributed by atoms with Crippen LogP contribution in [0.15, 0.2) is 54.6 Å². The van der Waals surface area contributed by atoms with Crippen molar-refractivity contribution >= 4 is 69.7 Å². The molecule has 2 aliphatic rings. The number of carbonyl (C=O) groups excluding carboxylic acids is 2. The van der Waals surface area contributed by atoms with Crippen molar-refractivity contribution in [1.29, 1.82) is 0 Å². The number of carbonyl (C=O) groups is 2. The molecule has 5 rings (SSSR count). The molecule has 146 valence electrons. The fraction of sp³-hybridized carbons (Fsp3) is 0. The number of halogens is 2. The van der Waals surface area contributed by atoms with Crippen molar-refractivity contribution in [2.24, 2.45) is 0 Å². The van der Waals surface area contributed by atoms with Gasteiger partial charge in [-0.25, -0.2) is 4.98 Å². The first-order valence-corrected chi connectivity index (χ1v) is 9.86. The van der Waals surface area contributed by atoms with Crippen LogP contribution in [0.5, 0.6) is 0 Å². The van der Waals surface area contributed by atoms with Crippen LogP contribution in [-0.2, 0) is 9.59 Å². The van der Waals surface area contributed by atoms with Crippen LogP contribution in [0.4, 0.5) is 11.4 Å². The summed E-state index contributed by atoms with van der Waals surface area (Å²) in [6, 6.07) is 16.0. The summed E-state index contributed by atoms with van der Waals surface area (Å²) in [4.78, 5) is 29.4. The van der Waals surface area contributed by atoms with Crippen molar-refractivity contribution in [3.8, 4) is 0 Å². The lowest BCUT2D eigenvalue weighted by molar-refractivity contribution is -0.111. The van der Waals surface area contributed by atoms with Gasteiger partial charge in [0, 0.05) is 21.2 Å². The average molecular weight is 434 g/mol. The van der Waals surface area contributed by atoms with Crippen LogP contribution in [0.25, 0.3) is 23.3 Å². The summed E-state index contributed by atoms with van der Waals surface area (Å²) >= 11 is 12.0. The number of rotatable bonds is 2. The Morgan fingerprint density at radius 1 is 0.700 bits per heavy atom. The number of hydrogen-bond donors (Lipinski definition) is 2. The molecular formula is C23H13Cl2N3O2. The highest BCUT2D eigenvalue weighted by Crippen LogP contribution is 2.36. The molecule has 1 aromatic heterocycles. The number of hydrogen-bond acceptors (Lipinski definition) is 3. The quantitative estimate of drug-likeness (QED) is 0.533. The number of nitrogens with zero attached hydrogens (tertiary/aromatic N) is 1. The molecule has 0 radical (unpaired) electrons. The summed E-state index contributed by atoms with van der Waals surface area (Å²) < 4.78 is 0. The minimum Gasteiger partial charge on any atom is -0.321 e. The van der Waals surface area contributed by atoms with Gasteiger partial charge >= 0.3 is 0 Å². The van der Waals surface area contributed by atoms with Crippen molar-refractivity contribution < 1.29 is 9.59 Å². The van der Waals surface area contributed by atoms with E-state index in [1.165, 1.54) is 0 Å². The predicted molar refractivity (Wildman–Crippen MR) is 120 cm³/mol. The summed E-state index contributed by atoms with van der Waals surface area (Å²) in [5, 5.41) is 6.72. The molecule has 2 aliphatic heterocycles. The molecule has 2 N–H and O–H groups in total. The maximum atomic E-state index is 12.4. The van der Waals surface area contributed by atoms with Gasteiger partial charge in [0.25, 0.3) is 11.8 Å². The molecule has 30 heavy (non-hydrogen) atoms. The molecule has 0 aliphatic carbocycles. The first-order chi connectivity index (χ1) is 14.5. The van der Waals surface area contributed by atoms with Crippen LogP contribution in [0.1, 0.15) is 22.5 Å². The second-order valence-corrected chi connectivity index (χ2v) is 7.76. The Bertz CT molecular complexity index is 1210.